The molecule has 0 heterocycles. The minimum Gasteiger partial charge on any atom is -0.394 e. The monoisotopic (exact) mass is 315 g/mol. The zero-order valence-corrected chi connectivity index (χ0v) is 12.9. The highest BCUT2D eigenvalue weighted by atomic mass is 32.2. The van der Waals surface area contributed by atoms with Gasteiger partial charge >= 0.3 is 0 Å². The molecule has 0 aliphatic heterocycles. The fraction of sp³-hybridized carbons (Fsp3) is 0.500. The van der Waals surface area contributed by atoms with Crippen molar-refractivity contribution in [3.05, 3.63) is 29.8 Å². The van der Waals surface area contributed by atoms with E-state index in [0.717, 1.165) is 0 Å². The van der Waals surface area contributed by atoms with Crippen LogP contribution in [0.1, 0.15) is 30.1 Å². The number of carbonyl (C=O) groups excluding carboxylic acids is 1. The van der Waals surface area contributed by atoms with E-state index in [1.54, 1.807) is 19.1 Å². The van der Waals surface area contributed by atoms with Crippen LogP contribution in [0.2, 0.25) is 0 Å². The lowest BCUT2D eigenvalue weighted by atomic mass is 10.1. The maximum Gasteiger partial charge on any atom is 0.240 e. The van der Waals surface area contributed by atoms with Gasteiger partial charge < -0.3 is 9.84 Å². The van der Waals surface area contributed by atoms with Crippen molar-refractivity contribution in [1.29, 1.82) is 0 Å². The Hall–Kier alpha value is -1.28. The van der Waals surface area contributed by atoms with Crippen LogP contribution >= 0.6 is 0 Å². The van der Waals surface area contributed by atoms with Crippen molar-refractivity contribution in [2.75, 3.05) is 26.4 Å². The number of aliphatic hydroxyl groups excluding tert-OH is 1. The van der Waals surface area contributed by atoms with Crippen LogP contribution in [0.4, 0.5) is 0 Å². The molecule has 0 atom stereocenters. The first kappa shape index (κ1) is 17.8. The average Bonchev–Trinajstić information content (AvgIpc) is 2.50. The van der Waals surface area contributed by atoms with E-state index in [2.05, 4.69) is 4.72 Å². The number of ketones is 1. The van der Waals surface area contributed by atoms with Crippen LogP contribution in [0.3, 0.4) is 0 Å². The van der Waals surface area contributed by atoms with Gasteiger partial charge in [0.15, 0.2) is 5.78 Å². The summed E-state index contributed by atoms with van der Waals surface area (Å²) in [6.45, 7) is 2.53. The Balaban J connectivity index is 2.60. The molecule has 0 saturated heterocycles. The molecule has 0 aliphatic rings. The fourth-order valence-corrected chi connectivity index (χ4v) is 2.79. The normalized spacial score (nSPS) is 11.5. The molecule has 0 aromatic heterocycles. The summed E-state index contributed by atoms with van der Waals surface area (Å²) < 4.78 is 31.7. The Kier molecular flexibility index (Phi) is 7.52. The molecule has 0 bridgehead atoms. The maximum atomic E-state index is 12.1. The topological polar surface area (TPSA) is 92.7 Å². The van der Waals surface area contributed by atoms with Gasteiger partial charge in [0.25, 0.3) is 0 Å². The Labute approximate surface area is 125 Å². The number of Topliss-reactive ketones (excluding diaryl/α,β-unsaturated/α-hetero) is 1. The predicted octanol–water partition coefficient (Wildman–Crippen LogP) is 0.957. The molecule has 1 rings (SSSR count). The number of carbonyl (C=O) groups is 1. The molecule has 0 unspecified atom stereocenters. The van der Waals surface area contributed by atoms with Crippen LogP contribution in [-0.2, 0) is 14.8 Å². The number of sulfonamides is 1. The molecule has 0 radical (unpaired) electrons. The molecule has 0 fully saturated rings. The third-order valence-electron chi connectivity index (χ3n) is 2.78. The molecular weight excluding hydrogens is 294 g/mol. The van der Waals surface area contributed by atoms with Crippen LogP contribution in [-0.4, -0.2) is 45.7 Å². The number of hydrogen-bond donors (Lipinski definition) is 2. The molecule has 0 spiro atoms. The first-order valence-corrected chi connectivity index (χ1v) is 8.31. The van der Waals surface area contributed by atoms with E-state index in [9.17, 15) is 13.2 Å². The van der Waals surface area contributed by atoms with E-state index in [4.69, 9.17) is 9.84 Å². The first-order valence-electron chi connectivity index (χ1n) is 6.82. The van der Waals surface area contributed by atoms with Gasteiger partial charge in [0.2, 0.25) is 10.0 Å². The predicted molar refractivity (Wildman–Crippen MR) is 78.8 cm³/mol. The molecule has 0 aliphatic carbocycles. The zero-order chi connectivity index (χ0) is 15.7. The van der Waals surface area contributed by atoms with Crippen molar-refractivity contribution >= 4 is 15.8 Å². The van der Waals surface area contributed by atoms with E-state index in [0.29, 0.717) is 25.0 Å². The van der Waals surface area contributed by atoms with Crippen LogP contribution in [0.5, 0.6) is 0 Å². The van der Waals surface area contributed by atoms with Crippen molar-refractivity contribution in [3.63, 3.8) is 0 Å². The van der Waals surface area contributed by atoms with Gasteiger partial charge in [-0.1, -0.05) is 19.1 Å². The van der Waals surface area contributed by atoms with Crippen molar-refractivity contribution in [2.24, 2.45) is 0 Å². The summed E-state index contributed by atoms with van der Waals surface area (Å²) >= 11 is 0. The summed E-state index contributed by atoms with van der Waals surface area (Å²) in [5, 5.41) is 8.53. The zero-order valence-electron chi connectivity index (χ0n) is 12.0. The van der Waals surface area contributed by atoms with Crippen LogP contribution in [0, 0.1) is 0 Å². The highest BCUT2D eigenvalue weighted by Crippen LogP contribution is 2.13. The van der Waals surface area contributed by atoms with Crippen molar-refractivity contribution in [2.45, 2.75) is 24.7 Å². The summed E-state index contributed by atoms with van der Waals surface area (Å²) in [5.74, 6) is -0.0931. The first-order chi connectivity index (χ1) is 10.0. The molecule has 7 heteroatoms. The molecule has 2 N–H and O–H groups in total. The van der Waals surface area contributed by atoms with Gasteiger partial charge in [-0.2, -0.15) is 0 Å². The van der Waals surface area contributed by atoms with Gasteiger partial charge in [0.1, 0.15) is 0 Å². The SMILES string of the molecule is CCC(=O)c1cccc(S(=O)(=O)NCCCOCCO)c1. The minimum atomic E-state index is -3.62. The largest absolute Gasteiger partial charge is 0.394 e. The number of rotatable bonds is 10. The van der Waals surface area contributed by atoms with E-state index < -0.39 is 10.0 Å². The van der Waals surface area contributed by atoms with Crippen molar-refractivity contribution in [3.8, 4) is 0 Å². The summed E-state index contributed by atoms with van der Waals surface area (Å²) in [5.41, 5.74) is 0.395. The summed E-state index contributed by atoms with van der Waals surface area (Å²) in [7, 11) is -3.62. The standard InChI is InChI=1S/C14H21NO5S/c1-2-14(17)12-5-3-6-13(11-12)21(18,19)15-7-4-9-20-10-8-16/h3,5-6,11,15-16H,2,4,7-10H2,1H3. The molecular formula is C14H21NO5S. The fourth-order valence-electron chi connectivity index (χ4n) is 1.67. The highest BCUT2D eigenvalue weighted by molar-refractivity contribution is 7.89. The average molecular weight is 315 g/mol. The Bertz CT molecular complexity index is 556. The summed E-state index contributed by atoms with van der Waals surface area (Å²) in [4.78, 5) is 11.7. The summed E-state index contributed by atoms with van der Waals surface area (Å²) in [6, 6.07) is 6.00. The molecule has 21 heavy (non-hydrogen) atoms. The molecule has 0 saturated carbocycles. The van der Waals surface area contributed by atoms with Crippen molar-refractivity contribution < 1.29 is 23.1 Å². The Morgan fingerprint density at radius 1 is 1.33 bits per heavy atom. The molecule has 0 amide bonds. The maximum absolute atomic E-state index is 12.1. The van der Waals surface area contributed by atoms with Gasteiger partial charge in [-0.3, -0.25) is 4.79 Å². The van der Waals surface area contributed by atoms with Gasteiger partial charge in [-0.25, -0.2) is 13.1 Å². The van der Waals surface area contributed by atoms with Gasteiger partial charge in [0.05, 0.1) is 18.1 Å². The second-order valence-corrected chi connectivity index (χ2v) is 6.16. The third kappa shape index (κ3) is 5.92. The van der Waals surface area contributed by atoms with Crippen molar-refractivity contribution in [1.82, 2.24) is 4.72 Å². The number of benzene rings is 1. The van der Waals surface area contributed by atoms with Crippen LogP contribution in [0.25, 0.3) is 0 Å². The number of hydrogen-bond acceptors (Lipinski definition) is 5. The number of aliphatic hydroxyl groups is 1. The van der Waals surface area contributed by atoms with Gasteiger partial charge in [-0.15, -0.1) is 0 Å². The Morgan fingerprint density at radius 3 is 2.76 bits per heavy atom. The van der Waals surface area contributed by atoms with E-state index in [-0.39, 0.29) is 30.4 Å². The molecule has 1 aromatic rings. The second-order valence-electron chi connectivity index (χ2n) is 4.39. The number of ether oxygens (including phenoxy) is 1. The lowest BCUT2D eigenvalue weighted by Gasteiger charge is -2.08. The van der Waals surface area contributed by atoms with E-state index in [1.165, 1.54) is 12.1 Å². The molecule has 6 nitrogen and oxygen atoms in total. The smallest absolute Gasteiger partial charge is 0.240 e. The van der Waals surface area contributed by atoms with E-state index in [1.807, 2.05) is 0 Å². The highest BCUT2D eigenvalue weighted by Gasteiger charge is 2.15. The molecule has 118 valence electrons. The Morgan fingerprint density at radius 2 is 2.10 bits per heavy atom. The lowest BCUT2D eigenvalue weighted by Crippen LogP contribution is -2.26. The minimum absolute atomic E-state index is 0.0516. The number of nitrogens with one attached hydrogen (secondary N) is 1. The van der Waals surface area contributed by atoms with E-state index >= 15 is 0 Å². The quantitative estimate of drug-likeness (QED) is 0.495. The third-order valence-corrected chi connectivity index (χ3v) is 4.24. The van der Waals surface area contributed by atoms with Gasteiger partial charge in [0, 0.05) is 25.1 Å². The van der Waals surface area contributed by atoms with Gasteiger partial charge in [-0.05, 0) is 18.6 Å². The lowest BCUT2D eigenvalue weighted by molar-refractivity contribution is 0.0913. The summed E-state index contributed by atoms with van der Waals surface area (Å²) in [6.07, 6.45) is 0.839. The molecule has 1 aromatic carbocycles. The van der Waals surface area contributed by atoms with Crippen LogP contribution < -0.4 is 4.72 Å². The second kappa shape index (κ2) is 8.89. The van der Waals surface area contributed by atoms with Crippen LogP contribution in [0.15, 0.2) is 29.2 Å².